The lowest BCUT2D eigenvalue weighted by Crippen LogP contribution is -2.47. The van der Waals surface area contributed by atoms with E-state index in [-0.39, 0.29) is 40.7 Å². The van der Waals surface area contributed by atoms with Crippen LogP contribution in [0.3, 0.4) is 0 Å². The molecule has 186 valence electrons. The Kier molecular flexibility index (Phi) is 9.23. The van der Waals surface area contributed by atoms with Gasteiger partial charge in [-0.2, -0.15) is 4.31 Å². The average molecular weight is 491 g/mol. The van der Waals surface area contributed by atoms with Crippen molar-refractivity contribution in [2.75, 3.05) is 14.2 Å². The van der Waals surface area contributed by atoms with Crippen molar-refractivity contribution < 1.29 is 27.5 Å². The maximum Gasteiger partial charge on any atom is 0.338 e. The molecule has 1 unspecified atom stereocenters. The number of ether oxygens (including phenoxy) is 2. The topological polar surface area (TPSA) is 93.2 Å². The van der Waals surface area contributed by atoms with Gasteiger partial charge in [0.2, 0.25) is 10.0 Å². The summed E-state index contributed by atoms with van der Waals surface area (Å²) in [5.41, 5.74) is 0.822. The molecule has 0 N–H and O–H groups in total. The van der Waals surface area contributed by atoms with Crippen molar-refractivity contribution >= 4 is 21.9 Å². The zero-order valence-electron chi connectivity index (χ0n) is 20.8. The van der Waals surface area contributed by atoms with Gasteiger partial charge in [-0.05, 0) is 58.4 Å². The Hall–Kier alpha value is -2.91. The second-order valence-corrected chi connectivity index (χ2v) is 10.6. The van der Waals surface area contributed by atoms with Gasteiger partial charge in [-0.25, -0.2) is 13.2 Å². The van der Waals surface area contributed by atoms with Crippen LogP contribution in [0.1, 0.15) is 50.5 Å². The highest BCUT2D eigenvalue weighted by Crippen LogP contribution is 2.28. The maximum atomic E-state index is 13.3. The van der Waals surface area contributed by atoms with E-state index in [4.69, 9.17) is 9.47 Å². The molecular weight excluding hydrogens is 456 g/mol. The number of methoxy groups -OCH3 is 1. The number of hydrogen-bond donors (Lipinski definition) is 0. The Labute approximate surface area is 202 Å². The Bertz CT molecular complexity index is 1090. The van der Waals surface area contributed by atoms with Crippen LogP contribution in [0.4, 0.5) is 0 Å². The zero-order valence-corrected chi connectivity index (χ0v) is 21.6. The summed E-state index contributed by atoms with van der Waals surface area (Å²) in [5, 5.41) is 0. The van der Waals surface area contributed by atoms with E-state index < -0.39 is 22.1 Å². The lowest BCUT2D eigenvalue weighted by atomic mass is 10.2. The molecule has 1 amide bonds. The van der Waals surface area contributed by atoms with E-state index in [2.05, 4.69) is 0 Å². The summed E-state index contributed by atoms with van der Waals surface area (Å²) >= 11 is 0. The van der Waals surface area contributed by atoms with E-state index in [1.165, 1.54) is 43.6 Å². The van der Waals surface area contributed by atoms with Gasteiger partial charge in [0.05, 0.1) is 12.7 Å². The van der Waals surface area contributed by atoms with Crippen LogP contribution in [0.15, 0.2) is 53.4 Å². The quantitative estimate of drug-likeness (QED) is 0.472. The third-order valence-corrected chi connectivity index (χ3v) is 7.16. The number of hydrogen-bond acceptors (Lipinski definition) is 6. The molecule has 0 aromatic heterocycles. The summed E-state index contributed by atoms with van der Waals surface area (Å²) in [6.45, 7) is 9.20. The summed E-state index contributed by atoms with van der Waals surface area (Å²) in [6.07, 6.45) is -1.03. The molecule has 0 heterocycles. The fourth-order valence-corrected chi connectivity index (χ4v) is 5.03. The number of sulfonamides is 1. The lowest BCUT2D eigenvalue weighted by Gasteiger charge is -2.32. The third-order valence-electron chi connectivity index (χ3n) is 5.33. The third kappa shape index (κ3) is 6.36. The van der Waals surface area contributed by atoms with Crippen molar-refractivity contribution in [1.82, 2.24) is 9.21 Å². The van der Waals surface area contributed by atoms with Gasteiger partial charge in [0.25, 0.3) is 5.91 Å². The number of carbonyl (C=O) groups is 2. The molecule has 2 aromatic rings. The second-order valence-electron chi connectivity index (χ2n) is 8.59. The van der Waals surface area contributed by atoms with Gasteiger partial charge in [-0.3, -0.25) is 4.79 Å². The van der Waals surface area contributed by atoms with Crippen molar-refractivity contribution in [2.45, 2.75) is 64.2 Å². The van der Waals surface area contributed by atoms with Crippen LogP contribution in [0.2, 0.25) is 0 Å². The van der Waals surface area contributed by atoms with E-state index in [1.807, 2.05) is 58.0 Å². The molecule has 34 heavy (non-hydrogen) atoms. The van der Waals surface area contributed by atoms with Crippen molar-refractivity contribution in [3.05, 3.63) is 59.7 Å². The zero-order chi connectivity index (χ0) is 25.6. The van der Waals surface area contributed by atoms with E-state index >= 15 is 0 Å². The molecule has 0 radical (unpaired) electrons. The number of nitrogens with zero attached hydrogens (tertiary/aromatic N) is 2. The fourth-order valence-electron chi connectivity index (χ4n) is 3.69. The van der Waals surface area contributed by atoms with Crippen LogP contribution in [-0.2, 0) is 26.1 Å². The van der Waals surface area contributed by atoms with E-state index in [0.29, 0.717) is 0 Å². The van der Waals surface area contributed by atoms with Crippen molar-refractivity contribution in [3.8, 4) is 5.75 Å². The monoisotopic (exact) mass is 490 g/mol. The molecule has 2 rings (SSSR count). The summed E-state index contributed by atoms with van der Waals surface area (Å²) in [6, 6.07) is 13.1. The highest BCUT2D eigenvalue weighted by atomic mass is 32.2. The molecule has 0 saturated heterocycles. The van der Waals surface area contributed by atoms with Crippen molar-refractivity contribution in [2.24, 2.45) is 0 Å². The van der Waals surface area contributed by atoms with E-state index in [0.717, 1.165) is 5.56 Å². The van der Waals surface area contributed by atoms with E-state index in [9.17, 15) is 18.0 Å². The largest absolute Gasteiger partial charge is 0.495 e. The SMILES string of the molecule is COc1ccc(C(=O)OC(C)C(=O)N(C(C)C)C(C)C)cc1S(=O)(=O)N(C)Cc1ccccc1. The minimum Gasteiger partial charge on any atom is -0.495 e. The van der Waals surface area contributed by atoms with Crippen LogP contribution < -0.4 is 4.74 Å². The standard InChI is InChI=1S/C25H34N2O6S/c1-17(2)27(18(3)4)24(28)19(5)33-25(29)21-13-14-22(32-7)23(15-21)34(30,31)26(6)16-20-11-9-8-10-12-20/h8-15,17-19H,16H2,1-7H3. The van der Waals surface area contributed by atoms with Crippen LogP contribution in [0, 0.1) is 0 Å². The van der Waals surface area contributed by atoms with Gasteiger partial charge in [-0.15, -0.1) is 0 Å². The number of benzene rings is 2. The highest BCUT2D eigenvalue weighted by Gasteiger charge is 2.30. The normalized spacial score (nSPS) is 12.6. The molecule has 2 aromatic carbocycles. The number of carbonyl (C=O) groups excluding carboxylic acids is 2. The Morgan fingerprint density at radius 2 is 1.53 bits per heavy atom. The molecule has 0 saturated carbocycles. The minimum absolute atomic E-state index is 0.00720. The first-order chi connectivity index (χ1) is 15.9. The molecule has 0 aliphatic carbocycles. The first kappa shape index (κ1) is 27.3. The average Bonchev–Trinajstić information content (AvgIpc) is 2.78. The van der Waals surface area contributed by atoms with Gasteiger partial charge < -0.3 is 14.4 Å². The Morgan fingerprint density at radius 1 is 0.941 bits per heavy atom. The van der Waals surface area contributed by atoms with Gasteiger partial charge in [0.1, 0.15) is 10.6 Å². The van der Waals surface area contributed by atoms with Crippen molar-refractivity contribution in [1.29, 1.82) is 0 Å². The summed E-state index contributed by atoms with van der Waals surface area (Å²) in [4.78, 5) is 27.1. The molecule has 0 fully saturated rings. The minimum atomic E-state index is -3.99. The van der Waals surface area contributed by atoms with Crippen LogP contribution in [0.5, 0.6) is 5.75 Å². The van der Waals surface area contributed by atoms with Gasteiger partial charge >= 0.3 is 5.97 Å². The summed E-state index contributed by atoms with van der Waals surface area (Å²) < 4.78 is 38.4. The Balaban J connectivity index is 2.30. The molecule has 1 atom stereocenters. The predicted molar refractivity (Wildman–Crippen MR) is 130 cm³/mol. The predicted octanol–water partition coefficient (Wildman–Crippen LogP) is 3.71. The number of rotatable bonds is 10. The van der Waals surface area contributed by atoms with Gasteiger partial charge in [-0.1, -0.05) is 30.3 Å². The number of esters is 1. The lowest BCUT2D eigenvalue weighted by molar-refractivity contribution is -0.143. The Morgan fingerprint density at radius 3 is 2.06 bits per heavy atom. The van der Waals surface area contributed by atoms with Gasteiger partial charge in [0.15, 0.2) is 6.10 Å². The molecule has 0 aliphatic heterocycles. The first-order valence-corrected chi connectivity index (χ1v) is 12.6. The molecule has 0 spiro atoms. The highest BCUT2D eigenvalue weighted by molar-refractivity contribution is 7.89. The van der Waals surface area contributed by atoms with Crippen LogP contribution in [-0.4, -0.2) is 61.8 Å². The van der Waals surface area contributed by atoms with Crippen molar-refractivity contribution in [3.63, 3.8) is 0 Å². The van der Waals surface area contributed by atoms with E-state index in [1.54, 1.807) is 4.90 Å². The van der Waals surface area contributed by atoms with Gasteiger partial charge in [0, 0.05) is 25.7 Å². The molecule has 9 heteroatoms. The summed E-state index contributed by atoms with van der Waals surface area (Å²) in [5.74, 6) is -1.01. The molecule has 0 aliphatic rings. The molecular formula is C25H34N2O6S. The van der Waals surface area contributed by atoms with Crippen LogP contribution >= 0.6 is 0 Å². The maximum absolute atomic E-state index is 13.3. The fraction of sp³-hybridized carbons (Fsp3) is 0.440. The smallest absolute Gasteiger partial charge is 0.338 e. The second kappa shape index (κ2) is 11.5. The first-order valence-electron chi connectivity index (χ1n) is 11.1. The van der Waals surface area contributed by atoms with Crippen LogP contribution in [0.25, 0.3) is 0 Å². The summed E-state index contributed by atoms with van der Waals surface area (Å²) in [7, 11) is -1.18. The molecule has 8 nitrogen and oxygen atoms in total. The number of amides is 1. The molecule has 0 bridgehead atoms.